The Kier molecular flexibility index (Phi) is 8.97. The Bertz CT molecular complexity index is 945. The molecule has 0 bridgehead atoms. The molecule has 1 aliphatic heterocycles. The molecule has 0 radical (unpaired) electrons. The highest BCUT2D eigenvalue weighted by atomic mass is 127. The summed E-state index contributed by atoms with van der Waals surface area (Å²) in [5, 5.41) is 6.46. The van der Waals surface area contributed by atoms with Gasteiger partial charge in [-0.1, -0.05) is 24.3 Å². The van der Waals surface area contributed by atoms with Gasteiger partial charge in [-0.25, -0.2) is 4.39 Å². The number of aryl methyl sites for hydroxylation is 1. The number of hydrogen-bond acceptors (Lipinski definition) is 3. The van der Waals surface area contributed by atoms with Crippen LogP contribution in [0.2, 0.25) is 0 Å². The van der Waals surface area contributed by atoms with Gasteiger partial charge in [-0.2, -0.15) is 0 Å². The zero-order valence-electron chi connectivity index (χ0n) is 17.9. The number of nitrogens with zero attached hydrogens (tertiary/aromatic N) is 2. The number of rotatable bonds is 7. The molecule has 3 rings (SSSR count). The third-order valence-corrected chi connectivity index (χ3v) is 5.25. The average Bonchev–Trinajstić information content (AvgIpc) is 2.99. The van der Waals surface area contributed by atoms with Crippen LogP contribution in [0.15, 0.2) is 47.5 Å². The second-order valence-corrected chi connectivity index (χ2v) is 7.39. The van der Waals surface area contributed by atoms with Crippen LogP contribution in [0, 0.1) is 12.7 Å². The van der Waals surface area contributed by atoms with Gasteiger partial charge < -0.3 is 10.6 Å². The molecule has 0 fully saturated rings. The van der Waals surface area contributed by atoms with Crippen molar-refractivity contribution < 1.29 is 14.0 Å². The molecule has 2 aromatic rings. The lowest BCUT2D eigenvalue weighted by Crippen LogP contribution is -2.39. The molecule has 0 aromatic heterocycles. The van der Waals surface area contributed by atoms with E-state index in [0.29, 0.717) is 42.2 Å². The van der Waals surface area contributed by atoms with Crippen LogP contribution < -0.4 is 10.6 Å². The fourth-order valence-corrected chi connectivity index (χ4v) is 3.41. The third kappa shape index (κ3) is 5.81. The van der Waals surface area contributed by atoms with Crippen LogP contribution in [-0.2, 0) is 0 Å². The number of carbonyl (C=O) groups is 2. The first kappa shape index (κ1) is 24.8. The highest BCUT2D eigenvalue weighted by Gasteiger charge is 2.34. The van der Waals surface area contributed by atoms with Gasteiger partial charge in [0, 0.05) is 20.1 Å². The fourth-order valence-electron chi connectivity index (χ4n) is 3.41. The molecule has 2 amide bonds. The molecule has 6 nitrogen and oxygen atoms in total. The lowest BCUT2D eigenvalue weighted by atomic mass is 10.1. The first-order valence-corrected chi connectivity index (χ1v) is 10.1. The maximum atomic E-state index is 13.8. The van der Waals surface area contributed by atoms with Crippen molar-refractivity contribution in [2.75, 3.05) is 20.1 Å². The van der Waals surface area contributed by atoms with Crippen molar-refractivity contribution in [3.05, 3.63) is 70.5 Å². The lowest BCUT2D eigenvalue weighted by Gasteiger charge is -2.19. The van der Waals surface area contributed by atoms with E-state index in [2.05, 4.69) is 15.6 Å². The van der Waals surface area contributed by atoms with Crippen LogP contribution in [0.3, 0.4) is 0 Å². The third-order valence-electron chi connectivity index (χ3n) is 5.25. The molecule has 1 aliphatic rings. The normalized spacial score (nSPS) is 14.2. The van der Waals surface area contributed by atoms with E-state index in [1.54, 1.807) is 44.3 Å². The van der Waals surface area contributed by atoms with Gasteiger partial charge in [0.25, 0.3) is 11.8 Å². The molecule has 166 valence electrons. The quantitative estimate of drug-likeness (QED) is 0.184. The van der Waals surface area contributed by atoms with Gasteiger partial charge in [-0.05, 0) is 56.0 Å². The number of hydrogen-bond donors (Lipinski definition) is 2. The number of benzene rings is 2. The lowest BCUT2D eigenvalue weighted by molar-refractivity contribution is 0.0652. The summed E-state index contributed by atoms with van der Waals surface area (Å²) in [6, 6.07) is 12.0. The molecule has 0 saturated carbocycles. The molecule has 8 heteroatoms. The van der Waals surface area contributed by atoms with E-state index in [1.165, 1.54) is 11.0 Å². The highest BCUT2D eigenvalue weighted by Crippen LogP contribution is 2.22. The topological polar surface area (TPSA) is 73.8 Å². The molecule has 1 unspecified atom stereocenters. The minimum absolute atomic E-state index is 0. The Hall–Kier alpha value is -2.49. The number of aliphatic imine (C=N–C) groups is 1. The summed E-state index contributed by atoms with van der Waals surface area (Å²) in [5.41, 5.74) is 2.41. The number of nitrogens with one attached hydrogen (secondary N) is 2. The van der Waals surface area contributed by atoms with Crippen LogP contribution in [0.1, 0.15) is 57.7 Å². The van der Waals surface area contributed by atoms with Gasteiger partial charge in [-0.3, -0.25) is 19.5 Å². The van der Waals surface area contributed by atoms with Crippen LogP contribution in [0.4, 0.5) is 4.39 Å². The summed E-state index contributed by atoms with van der Waals surface area (Å²) in [5.74, 6) is -0.0538. The molecular weight excluding hydrogens is 510 g/mol. The summed E-state index contributed by atoms with van der Waals surface area (Å²) in [6.45, 7) is 4.70. The molecule has 1 heterocycles. The van der Waals surface area contributed by atoms with Crippen molar-refractivity contribution >= 4 is 41.8 Å². The zero-order chi connectivity index (χ0) is 21.7. The van der Waals surface area contributed by atoms with Crippen molar-refractivity contribution in [1.29, 1.82) is 0 Å². The van der Waals surface area contributed by atoms with Gasteiger partial charge in [0.2, 0.25) is 0 Å². The molecule has 0 saturated heterocycles. The summed E-state index contributed by atoms with van der Waals surface area (Å²) < 4.78 is 13.8. The zero-order valence-corrected chi connectivity index (χ0v) is 20.3. The SMILES string of the molecule is CN=C(NCCCCN1C(=O)c2ccccc2C1=O)NC(C)c1ccc(C)c(F)c1.I. The van der Waals surface area contributed by atoms with Gasteiger partial charge in [0.15, 0.2) is 5.96 Å². The summed E-state index contributed by atoms with van der Waals surface area (Å²) in [7, 11) is 1.68. The van der Waals surface area contributed by atoms with E-state index in [4.69, 9.17) is 0 Å². The predicted molar refractivity (Wildman–Crippen MR) is 131 cm³/mol. The van der Waals surface area contributed by atoms with Gasteiger partial charge in [0.05, 0.1) is 17.2 Å². The maximum Gasteiger partial charge on any atom is 0.261 e. The molecule has 0 spiro atoms. The molecule has 2 aromatic carbocycles. The maximum absolute atomic E-state index is 13.8. The van der Waals surface area contributed by atoms with Gasteiger partial charge >= 0.3 is 0 Å². The standard InChI is InChI=1S/C23H27FN4O2.HI/c1-15-10-11-17(14-20(15)24)16(2)27-23(25-3)26-12-6-7-13-28-21(29)18-8-4-5-9-19(18)22(28)30;/h4-5,8-11,14,16H,6-7,12-13H2,1-3H3,(H2,25,26,27);1H. The average molecular weight is 538 g/mol. The largest absolute Gasteiger partial charge is 0.356 e. The minimum Gasteiger partial charge on any atom is -0.356 e. The van der Waals surface area contributed by atoms with E-state index in [0.717, 1.165) is 12.0 Å². The highest BCUT2D eigenvalue weighted by molar-refractivity contribution is 14.0. The number of guanidine groups is 1. The monoisotopic (exact) mass is 538 g/mol. The molecule has 1 atom stereocenters. The van der Waals surface area contributed by atoms with Gasteiger partial charge in [-0.15, -0.1) is 24.0 Å². The minimum atomic E-state index is -0.225. The van der Waals surface area contributed by atoms with E-state index < -0.39 is 0 Å². The fraction of sp³-hybridized carbons (Fsp3) is 0.348. The number of amides is 2. The van der Waals surface area contributed by atoms with Crippen molar-refractivity contribution in [3.63, 3.8) is 0 Å². The summed E-state index contributed by atoms with van der Waals surface area (Å²) in [6.07, 6.45) is 1.45. The number of halogens is 2. The van der Waals surface area contributed by atoms with Crippen LogP contribution >= 0.6 is 24.0 Å². The first-order valence-electron chi connectivity index (χ1n) is 10.1. The van der Waals surface area contributed by atoms with Gasteiger partial charge in [0.1, 0.15) is 5.82 Å². The Morgan fingerprint density at radius 1 is 1.10 bits per heavy atom. The van der Waals surface area contributed by atoms with E-state index >= 15 is 0 Å². The van der Waals surface area contributed by atoms with Crippen molar-refractivity contribution in [3.8, 4) is 0 Å². The Morgan fingerprint density at radius 2 is 1.74 bits per heavy atom. The number of fused-ring (bicyclic) bond motifs is 1. The first-order chi connectivity index (χ1) is 14.4. The van der Waals surface area contributed by atoms with Crippen LogP contribution in [-0.4, -0.2) is 42.8 Å². The van der Waals surface area contributed by atoms with E-state index in [9.17, 15) is 14.0 Å². The van der Waals surface area contributed by atoms with E-state index in [-0.39, 0.29) is 47.7 Å². The number of unbranched alkanes of at least 4 members (excludes halogenated alkanes) is 1. The van der Waals surface area contributed by atoms with Crippen LogP contribution in [0.25, 0.3) is 0 Å². The summed E-state index contributed by atoms with van der Waals surface area (Å²) in [4.78, 5) is 30.2. The molecule has 0 aliphatic carbocycles. The van der Waals surface area contributed by atoms with Crippen molar-refractivity contribution in [2.45, 2.75) is 32.7 Å². The molecular formula is C23H28FIN4O2. The van der Waals surface area contributed by atoms with Crippen molar-refractivity contribution in [2.24, 2.45) is 4.99 Å². The smallest absolute Gasteiger partial charge is 0.261 e. The van der Waals surface area contributed by atoms with Crippen LogP contribution in [0.5, 0.6) is 0 Å². The number of imide groups is 1. The summed E-state index contributed by atoms with van der Waals surface area (Å²) >= 11 is 0. The molecule has 31 heavy (non-hydrogen) atoms. The Labute approximate surface area is 199 Å². The predicted octanol–water partition coefficient (Wildman–Crippen LogP) is 4.05. The second-order valence-electron chi connectivity index (χ2n) is 7.39. The molecule has 2 N–H and O–H groups in total. The second kappa shape index (κ2) is 11.2. The Morgan fingerprint density at radius 3 is 2.32 bits per heavy atom. The number of carbonyl (C=O) groups excluding carboxylic acids is 2. The van der Waals surface area contributed by atoms with Crippen molar-refractivity contribution in [1.82, 2.24) is 15.5 Å². The van der Waals surface area contributed by atoms with E-state index in [1.807, 2.05) is 13.0 Å². The Balaban J connectivity index is 0.00000341.